The summed E-state index contributed by atoms with van der Waals surface area (Å²) in [7, 11) is 3.90. The molecule has 1 unspecified atom stereocenters. The number of carbonyl (C=O) groups is 1. The Morgan fingerprint density at radius 1 is 1.43 bits per heavy atom. The van der Waals surface area contributed by atoms with Crippen molar-refractivity contribution in [3.8, 4) is 5.75 Å². The zero-order chi connectivity index (χ0) is 16.2. The van der Waals surface area contributed by atoms with Gasteiger partial charge in [0, 0.05) is 39.8 Å². The van der Waals surface area contributed by atoms with E-state index in [1.54, 1.807) is 6.20 Å². The molecule has 0 aromatic carbocycles. The van der Waals surface area contributed by atoms with E-state index in [1.807, 2.05) is 36.0 Å². The summed E-state index contributed by atoms with van der Waals surface area (Å²) in [5.74, 6) is 2.44. The molecule has 2 heterocycles. The van der Waals surface area contributed by atoms with Crippen LogP contribution in [0.15, 0.2) is 18.3 Å². The van der Waals surface area contributed by atoms with Crippen molar-refractivity contribution in [1.29, 1.82) is 0 Å². The number of hydrogen-bond donors (Lipinski definition) is 1. The van der Waals surface area contributed by atoms with E-state index in [9.17, 15) is 4.79 Å². The lowest BCUT2D eigenvalue weighted by molar-refractivity contribution is 0.187. The SMILES string of the molecule is CN(C)c1ncccc1OC1CCN(C(=O)NCCC2CC2)C1. The lowest BCUT2D eigenvalue weighted by Crippen LogP contribution is -2.39. The predicted molar refractivity (Wildman–Crippen MR) is 89.9 cm³/mol. The summed E-state index contributed by atoms with van der Waals surface area (Å²) >= 11 is 0. The molecule has 0 radical (unpaired) electrons. The molecule has 23 heavy (non-hydrogen) atoms. The largest absolute Gasteiger partial charge is 0.485 e. The second kappa shape index (κ2) is 7.06. The molecule has 6 heteroatoms. The van der Waals surface area contributed by atoms with Crippen LogP contribution in [0.25, 0.3) is 0 Å². The Morgan fingerprint density at radius 2 is 2.26 bits per heavy atom. The van der Waals surface area contributed by atoms with Crippen LogP contribution in [-0.4, -0.2) is 55.7 Å². The van der Waals surface area contributed by atoms with Crippen molar-refractivity contribution in [3.63, 3.8) is 0 Å². The van der Waals surface area contributed by atoms with Gasteiger partial charge in [-0.15, -0.1) is 0 Å². The minimum atomic E-state index is 0.0343. The summed E-state index contributed by atoms with van der Waals surface area (Å²) in [6.07, 6.45) is 6.42. The van der Waals surface area contributed by atoms with Crippen molar-refractivity contribution >= 4 is 11.8 Å². The minimum absolute atomic E-state index is 0.0343. The average molecular weight is 318 g/mol. The topological polar surface area (TPSA) is 57.7 Å². The molecule has 1 aromatic rings. The fourth-order valence-corrected chi connectivity index (χ4v) is 2.90. The highest BCUT2D eigenvalue weighted by molar-refractivity contribution is 5.74. The van der Waals surface area contributed by atoms with Crippen LogP contribution in [0.5, 0.6) is 5.75 Å². The van der Waals surface area contributed by atoms with Gasteiger partial charge in [0.05, 0.1) is 6.54 Å². The van der Waals surface area contributed by atoms with Gasteiger partial charge in [-0.05, 0) is 24.5 Å². The molecule has 2 fully saturated rings. The number of amides is 2. The highest BCUT2D eigenvalue weighted by atomic mass is 16.5. The van der Waals surface area contributed by atoms with Crippen molar-refractivity contribution < 1.29 is 9.53 Å². The molecule has 0 bridgehead atoms. The number of rotatable bonds is 6. The van der Waals surface area contributed by atoms with Gasteiger partial charge in [-0.3, -0.25) is 0 Å². The third kappa shape index (κ3) is 4.27. The molecule has 2 amide bonds. The summed E-state index contributed by atoms with van der Waals surface area (Å²) in [5.41, 5.74) is 0. The molecule has 1 N–H and O–H groups in total. The van der Waals surface area contributed by atoms with E-state index in [2.05, 4.69) is 10.3 Å². The summed E-state index contributed by atoms with van der Waals surface area (Å²) in [5, 5.41) is 3.02. The van der Waals surface area contributed by atoms with Gasteiger partial charge in [-0.2, -0.15) is 0 Å². The molecular formula is C17H26N4O2. The number of nitrogens with one attached hydrogen (secondary N) is 1. The average Bonchev–Trinajstić information content (AvgIpc) is 3.24. The number of anilines is 1. The normalized spacial score (nSPS) is 20.4. The van der Waals surface area contributed by atoms with E-state index in [0.717, 1.165) is 43.4 Å². The molecule has 1 saturated heterocycles. The first-order valence-electron chi connectivity index (χ1n) is 8.45. The second-order valence-electron chi connectivity index (χ2n) is 6.66. The molecule has 126 valence electrons. The number of hydrogen-bond acceptors (Lipinski definition) is 4. The molecule has 1 aliphatic carbocycles. The number of likely N-dealkylation sites (tertiary alicyclic amines) is 1. The van der Waals surface area contributed by atoms with Crippen molar-refractivity contribution in [2.24, 2.45) is 5.92 Å². The fourth-order valence-electron chi connectivity index (χ4n) is 2.90. The molecule has 0 spiro atoms. The molecule has 1 saturated carbocycles. The fraction of sp³-hybridized carbons (Fsp3) is 0.647. The maximum atomic E-state index is 12.2. The molecule has 2 aliphatic rings. The number of pyridine rings is 1. The van der Waals surface area contributed by atoms with Gasteiger partial charge >= 0.3 is 6.03 Å². The number of aromatic nitrogens is 1. The van der Waals surface area contributed by atoms with Crippen molar-refractivity contribution in [2.45, 2.75) is 31.8 Å². The Labute approximate surface area is 137 Å². The molecule has 1 aromatic heterocycles. The highest BCUT2D eigenvalue weighted by Crippen LogP contribution is 2.31. The lowest BCUT2D eigenvalue weighted by atomic mass is 10.3. The summed E-state index contributed by atoms with van der Waals surface area (Å²) < 4.78 is 6.08. The number of ether oxygens (including phenoxy) is 1. The van der Waals surface area contributed by atoms with Crippen molar-refractivity contribution in [3.05, 3.63) is 18.3 Å². The first kappa shape index (κ1) is 15.9. The highest BCUT2D eigenvalue weighted by Gasteiger charge is 2.28. The number of carbonyl (C=O) groups excluding carboxylic acids is 1. The number of urea groups is 1. The summed E-state index contributed by atoms with van der Waals surface area (Å²) in [6, 6.07) is 3.84. The van der Waals surface area contributed by atoms with Crippen LogP contribution in [0.3, 0.4) is 0 Å². The van der Waals surface area contributed by atoms with Crippen molar-refractivity contribution in [1.82, 2.24) is 15.2 Å². The van der Waals surface area contributed by atoms with Gasteiger partial charge in [-0.1, -0.05) is 12.8 Å². The van der Waals surface area contributed by atoms with Gasteiger partial charge in [0.1, 0.15) is 6.10 Å². The third-order valence-electron chi connectivity index (χ3n) is 4.43. The maximum absolute atomic E-state index is 12.2. The van der Waals surface area contributed by atoms with E-state index in [1.165, 1.54) is 12.8 Å². The standard InChI is InChI=1S/C17H26N4O2/c1-20(2)16-15(4-3-9-18-16)23-14-8-11-21(12-14)17(22)19-10-7-13-5-6-13/h3-4,9,13-14H,5-8,10-12H2,1-2H3,(H,19,22). The summed E-state index contributed by atoms with van der Waals surface area (Å²) in [6.45, 7) is 2.17. The van der Waals surface area contributed by atoms with Gasteiger partial charge in [0.2, 0.25) is 0 Å². The van der Waals surface area contributed by atoms with E-state index in [-0.39, 0.29) is 12.1 Å². The van der Waals surface area contributed by atoms with Gasteiger partial charge < -0.3 is 19.9 Å². The molecular weight excluding hydrogens is 292 g/mol. The van der Waals surface area contributed by atoms with Crippen LogP contribution in [-0.2, 0) is 0 Å². The Bertz CT molecular complexity index is 545. The van der Waals surface area contributed by atoms with E-state index in [4.69, 9.17) is 4.74 Å². The molecule has 6 nitrogen and oxygen atoms in total. The molecule has 1 aliphatic heterocycles. The van der Waals surface area contributed by atoms with E-state index >= 15 is 0 Å². The smallest absolute Gasteiger partial charge is 0.317 e. The number of nitrogens with zero attached hydrogens (tertiary/aromatic N) is 3. The van der Waals surface area contributed by atoms with Gasteiger partial charge in [0.15, 0.2) is 11.6 Å². The Morgan fingerprint density at radius 3 is 3.00 bits per heavy atom. The van der Waals surface area contributed by atoms with Gasteiger partial charge in [0.25, 0.3) is 0 Å². The quantitative estimate of drug-likeness (QED) is 0.873. The van der Waals surface area contributed by atoms with Gasteiger partial charge in [-0.25, -0.2) is 9.78 Å². The Hall–Kier alpha value is -1.98. The first-order chi connectivity index (χ1) is 11.1. The lowest BCUT2D eigenvalue weighted by Gasteiger charge is -2.20. The zero-order valence-corrected chi connectivity index (χ0v) is 14.0. The molecule has 3 rings (SSSR count). The van der Waals surface area contributed by atoms with Crippen LogP contribution in [0.4, 0.5) is 10.6 Å². The van der Waals surface area contributed by atoms with Crippen LogP contribution in [0.1, 0.15) is 25.7 Å². The van der Waals surface area contributed by atoms with Crippen LogP contribution < -0.4 is 15.0 Å². The van der Waals surface area contributed by atoms with Crippen molar-refractivity contribution in [2.75, 3.05) is 38.6 Å². The minimum Gasteiger partial charge on any atom is -0.485 e. The van der Waals surface area contributed by atoms with E-state index < -0.39 is 0 Å². The van der Waals surface area contributed by atoms with E-state index in [0.29, 0.717) is 6.54 Å². The third-order valence-corrected chi connectivity index (χ3v) is 4.43. The summed E-state index contributed by atoms with van der Waals surface area (Å²) in [4.78, 5) is 20.3. The van der Waals surface area contributed by atoms with Crippen LogP contribution >= 0.6 is 0 Å². The monoisotopic (exact) mass is 318 g/mol. The Balaban J connectivity index is 1.48. The first-order valence-corrected chi connectivity index (χ1v) is 8.45. The molecule has 1 atom stereocenters. The second-order valence-corrected chi connectivity index (χ2v) is 6.66. The predicted octanol–water partition coefficient (Wildman–Crippen LogP) is 2.11. The van der Waals surface area contributed by atoms with Crippen LogP contribution in [0, 0.1) is 5.92 Å². The van der Waals surface area contributed by atoms with Crippen LogP contribution in [0.2, 0.25) is 0 Å². The zero-order valence-electron chi connectivity index (χ0n) is 14.0. The maximum Gasteiger partial charge on any atom is 0.317 e. The Kier molecular flexibility index (Phi) is 4.88.